The second-order valence-corrected chi connectivity index (χ2v) is 6.86. The Bertz CT molecular complexity index is 736. The van der Waals surface area contributed by atoms with Crippen molar-refractivity contribution in [2.75, 3.05) is 24.5 Å². The van der Waals surface area contributed by atoms with Crippen molar-refractivity contribution in [3.63, 3.8) is 0 Å². The molecule has 2 aromatic heterocycles. The topological polar surface area (TPSA) is 96.0 Å². The maximum Gasteiger partial charge on any atom is 0.330 e. The van der Waals surface area contributed by atoms with E-state index in [1.165, 1.54) is 0 Å². The van der Waals surface area contributed by atoms with Crippen LogP contribution in [0.2, 0.25) is 0 Å². The summed E-state index contributed by atoms with van der Waals surface area (Å²) in [5, 5.41) is 3.26. The second-order valence-electron chi connectivity index (χ2n) is 6.86. The quantitative estimate of drug-likeness (QED) is 0.811. The average Bonchev–Trinajstić information content (AvgIpc) is 3.00. The van der Waals surface area contributed by atoms with Crippen LogP contribution >= 0.6 is 0 Å². The molecule has 2 aromatic rings. The van der Waals surface area contributed by atoms with Crippen molar-refractivity contribution in [3.8, 4) is 0 Å². The number of rotatable bonds is 3. The van der Waals surface area contributed by atoms with Crippen molar-refractivity contribution in [2.24, 2.45) is 0 Å². The molecule has 0 aliphatic carbocycles. The van der Waals surface area contributed by atoms with Crippen LogP contribution in [0.15, 0.2) is 6.33 Å². The molecule has 3 rings (SSSR count). The molecule has 1 fully saturated rings. The van der Waals surface area contributed by atoms with Crippen LogP contribution in [0.5, 0.6) is 0 Å². The van der Waals surface area contributed by atoms with Gasteiger partial charge in [-0.25, -0.2) is 19.7 Å². The number of aromatic nitrogens is 4. The zero-order valence-electron chi connectivity index (χ0n) is 14.6. The molecule has 24 heavy (non-hydrogen) atoms. The molecular weight excluding hydrogens is 308 g/mol. The highest BCUT2D eigenvalue weighted by Gasteiger charge is 2.34. The number of fused-ring (bicyclic) bond motifs is 1. The van der Waals surface area contributed by atoms with Gasteiger partial charge in [0, 0.05) is 26.1 Å². The maximum absolute atomic E-state index is 12.7. The van der Waals surface area contributed by atoms with Gasteiger partial charge in [-0.15, -0.1) is 0 Å². The van der Waals surface area contributed by atoms with Crippen molar-refractivity contribution in [3.05, 3.63) is 12.2 Å². The van der Waals surface area contributed by atoms with E-state index in [0.717, 1.165) is 12.1 Å². The Labute approximate surface area is 141 Å². The second kappa shape index (κ2) is 6.35. The fourth-order valence-corrected chi connectivity index (χ4v) is 2.77. The lowest BCUT2D eigenvalue weighted by Gasteiger charge is -2.37. The molecule has 3 heterocycles. The van der Waals surface area contributed by atoms with Gasteiger partial charge in [0.1, 0.15) is 23.0 Å². The summed E-state index contributed by atoms with van der Waals surface area (Å²) in [6.45, 7) is 9.59. The lowest BCUT2D eigenvalue weighted by atomic mass is 10.1. The van der Waals surface area contributed by atoms with Crippen LogP contribution < -0.4 is 10.2 Å². The van der Waals surface area contributed by atoms with E-state index in [1.807, 2.05) is 32.6 Å². The van der Waals surface area contributed by atoms with Gasteiger partial charge >= 0.3 is 5.97 Å². The van der Waals surface area contributed by atoms with Gasteiger partial charge in [0.25, 0.3) is 0 Å². The molecule has 1 saturated heterocycles. The van der Waals surface area contributed by atoms with Crippen molar-refractivity contribution in [1.82, 2.24) is 25.3 Å². The average molecular weight is 332 g/mol. The standard InChI is InChI=1S/C16H24N6O2/c1-5-11-20-13-12(18-9-19-13)14(21-11)22-7-6-17-8-10(22)15(23)24-16(2,3)4/h9-10,17H,5-8H2,1-4H3,(H,18,19,20,21). The van der Waals surface area contributed by atoms with E-state index in [1.54, 1.807) is 6.33 Å². The van der Waals surface area contributed by atoms with Gasteiger partial charge in [0.05, 0.1) is 6.33 Å². The summed E-state index contributed by atoms with van der Waals surface area (Å²) in [6.07, 6.45) is 2.31. The number of piperazine rings is 1. The Hall–Kier alpha value is -2.22. The van der Waals surface area contributed by atoms with Crippen LogP contribution in [-0.2, 0) is 16.0 Å². The molecule has 1 atom stereocenters. The predicted octanol–water partition coefficient (Wildman–Crippen LogP) is 1.04. The fraction of sp³-hybridized carbons (Fsp3) is 0.625. The Morgan fingerprint density at radius 3 is 2.92 bits per heavy atom. The summed E-state index contributed by atoms with van der Waals surface area (Å²) >= 11 is 0. The number of carbonyl (C=O) groups excluding carboxylic acids is 1. The summed E-state index contributed by atoms with van der Waals surface area (Å²) in [5.74, 6) is 1.18. The number of ether oxygens (including phenoxy) is 1. The van der Waals surface area contributed by atoms with Gasteiger partial charge < -0.3 is 19.9 Å². The van der Waals surface area contributed by atoms with Crippen LogP contribution in [0.3, 0.4) is 0 Å². The van der Waals surface area contributed by atoms with Crippen molar-refractivity contribution >= 4 is 23.0 Å². The molecule has 8 nitrogen and oxygen atoms in total. The fourth-order valence-electron chi connectivity index (χ4n) is 2.77. The minimum absolute atomic E-state index is 0.251. The highest BCUT2D eigenvalue weighted by molar-refractivity contribution is 5.88. The summed E-state index contributed by atoms with van der Waals surface area (Å²) in [4.78, 5) is 31.1. The first-order valence-electron chi connectivity index (χ1n) is 8.29. The largest absolute Gasteiger partial charge is 0.458 e. The number of H-pyrrole nitrogens is 1. The predicted molar refractivity (Wildman–Crippen MR) is 90.9 cm³/mol. The first-order valence-corrected chi connectivity index (χ1v) is 8.29. The first-order chi connectivity index (χ1) is 11.4. The zero-order valence-corrected chi connectivity index (χ0v) is 14.6. The van der Waals surface area contributed by atoms with Gasteiger partial charge in [-0.05, 0) is 20.8 Å². The van der Waals surface area contributed by atoms with E-state index in [2.05, 4.69) is 25.3 Å². The van der Waals surface area contributed by atoms with Gasteiger partial charge in [-0.2, -0.15) is 0 Å². The van der Waals surface area contributed by atoms with E-state index in [-0.39, 0.29) is 5.97 Å². The van der Waals surface area contributed by atoms with Crippen LogP contribution in [0.4, 0.5) is 5.82 Å². The zero-order chi connectivity index (χ0) is 17.3. The van der Waals surface area contributed by atoms with E-state index < -0.39 is 11.6 Å². The Kier molecular flexibility index (Phi) is 4.40. The van der Waals surface area contributed by atoms with Crippen LogP contribution in [0, 0.1) is 0 Å². The Morgan fingerprint density at radius 1 is 1.42 bits per heavy atom. The molecule has 0 spiro atoms. The summed E-state index contributed by atoms with van der Waals surface area (Å²) in [6, 6.07) is -0.427. The molecule has 0 aromatic carbocycles. The first kappa shape index (κ1) is 16.6. The van der Waals surface area contributed by atoms with Crippen LogP contribution in [0.1, 0.15) is 33.5 Å². The molecular formula is C16H24N6O2. The number of anilines is 1. The van der Waals surface area contributed by atoms with Gasteiger partial charge in [-0.1, -0.05) is 6.92 Å². The number of hydrogen-bond donors (Lipinski definition) is 2. The molecule has 0 bridgehead atoms. The minimum atomic E-state index is -0.524. The number of imidazole rings is 1. The van der Waals surface area contributed by atoms with Gasteiger partial charge in [-0.3, -0.25) is 0 Å². The molecule has 130 valence electrons. The van der Waals surface area contributed by atoms with E-state index in [0.29, 0.717) is 36.8 Å². The molecule has 1 aliphatic heterocycles. The summed E-state index contributed by atoms with van der Waals surface area (Å²) in [7, 11) is 0. The van der Waals surface area contributed by atoms with Crippen molar-refractivity contribution < 1.29 is 9.53 Å². The lowest BCUT2D eigenvalue weighted by molar-refractivity contribution is -0.156. The minimum Gasteiger partial charge on any atom is -0.458 e. The van der Waals surface area contributed by atoms with Crippen LogP contribution in [0.25, 0.3) is 11.2 Å². The highest BCUT2D eigenvalue weighted by atomic mass is 16.6. The molecule has 2 N–H and O–H groups in total. The molecule has 1 aliphatic rings. The molecule has 0 saturated carbocycles. The number of esters is 1. The van der Waals surface area contributed by atoms with Gasteiger partial charge in [0.2, 0.25) is 0 Å². The van der Waals surface area contributed by atoms with Crippen LogP contribution in [-0.4, -0.2) is 57.2 Å². The van der Waals surface area contributed by atoms with E-state index in [4.69, 9.17) is 4.74 Å². The maximum atomic E-state index is 12.7. The molecule has 0 radical (unpaired) electrons. The smallest absolute Gasteiger partial charge is 0.330 e. The summed E-state index contributed by atoms with van der Waals surface area (Å²) < 4.78 is 5.59. The third kappa shape index (κ3) is 3.33. The Balaban J connectivity index is 1.99. The van der Waals surface area contributed by atoms with Crippen molar-refractivity contribution in [1.29, 1.82) is 0 Å². The third-order valence-corrected chi connectivity index (χ3v) is 3.82. The molecule has 8 heteroatoms. The normalized spacial score (nSPS) is 18.8. The molecule has 1 unspecified atom stereocenters. The summed E-state index contributed by atoms with van der Waals surface area (Å²) in [5.41, 5.74) is 0.852. The van der Waals surface area contributed by atoms with E-state index >= 15 is 0 Å². The lowest BCUT2D eigenvalue weighted by Crippen LogP contribution is -2.56. The SMILES string of the molecule is CCc1nc(N2CCNCC2C(=O)OC(C)(C)C)c2[nH]cnc2n1. The van der Waals surface area contributed by atoms with E-state index in [9.17, 15) is 4.79 Å². The number of hydrogen-bond acceptors (Lipinski definition) is 7. The number of nitrogens with zero attached hydrogens (tertiary/aromatic N) is 4. The number of aromatic amines is 1. The highest BCUT2D eigenvalue weighted by Crippen LogP contribution is 2.25. The number of aryl methyl sites for hydroxylation is 1. The van der Waals surface area contributed by atoms with Gasteiger partial charge in [0.15, 0.2) is 11.5 Å². The third-order valence-electron chi connectivity index (χ3n) is 3.82. The van der Waals surface area contributed by atoms with Crippen molar-refractivity contribution in [2.45, 2.75) is 45.8 Å². The monoisotopic (exact) mass is 332 g/mol. The number of nitrogens with one attached hydrogen (secondary N) is 2. The Morgan fingerprint density at radius 2 is 2.21 bits per heavy atom. The number of carbonyl (C=O) groups is 1. The molecule has 0 amide bonds.